The fraction of sp³-hybridized carbons (Fsp3) is 0.550. The topological polar surface area (TPSA) is 59.2 Å². The number of halogens is 1. The first kappa shape index (κ1) is 18.5. The number of hydrogen-bond donors (Lipinski definition) is 0. The number of carbonyl (C=O) groups excluding carboxylic acids is 1. The molecule has 2 atom stereocenters. The van der Waals surface area contributed by atoms with Gasteiger partial charge >= 0.3 is 0 Å². The molecule has 1 fully saturated rings. The molecule has 2 aromatic rings. The number of rotatable bonds is 7. The number of unbranched alkanes of at least 4 members (excludes halogenated alkanes) is 1. The molecular weight excluding hydrogens is 333 g/mol. The van der Waals surface area contributed by atoms with Crippen molar-refractivity contribution in [2.75, 3.05) is 6.54 Å². The molecule has 2 heterocycles. The molecule has 0 unspecified atom stereocenters. The van der Waals surface area contributed by atoms with Crippen molar-refractivity contribution < 1.29 is 13.7 Å². The van der Waals surface area contributed by atoms with Crippen molar-refractivity contribution in [3.8, 4) is 11.4 Å². The van der Waals surface area contributed by atoms with E-state index in [4.69, 9.17) is 4.52 Å². The Labute approximate surface area is 153 Å². The zero-order valence-electron chi connectivity index (χ0n) is 15.4. The first-order chi connectivity index (χ1) is 12.6. The Hall–Kier alpha value is -2.24. The summed E-state index contributed by atoms with van der Waals surface area (Å²) in [5, 5.41) is 4.02. The molecule has 1 saturated heterocycles. The van der Waals surface area contributed by atoms with Crippen molar-refractivity contribution in [2.24, 2.45) is 5.92 Å². The number of amides is 1. The van der Waals surface area contributed by atoms with Crippen LogP contribution in [0.2, 0.25) is 0 Å². The van der Waals surface area contributed by atoms with E-state index in [1.807, 2.05) is 4.90 Å². The summed E-state index contributed by atoms with van der Waals surface area (Å²) in [4.78, 5) is 19.4. The molecule has 1 aromatic carbocycles. The molecule has 1 aliphatic heterocycles. The maximum absolute atomic E-state index is 13.1. The highest BCUT2D eigenvalue weighted by Gasteiger charge is 2.36. The van der Waals surface area contributed by atoms with E-state index in [1.54, 1.807) is 12.1 Å². The zero-order valence-corrected chi connectivity index (χ0v) is 15.4. The summed E-state index contributed by atoms with van der Waals surface area (Å²) in [5.74, 6) is 0.862. The lowest BCUT2D eigenvalue weighted by atomic mass is 9.97. The van der Waals surface area contributed by atoms with Gasteiger partial charge in [-0.2, -0.15) is 4.98 Å². The van der Waals surface area contributed by atoms with Gasteiger partial charge in [0.25, 0.3) is 0 Å². The highest BCUT2D eigenvalue weighted by Crippen LogP contribution is 2.34. The van der Waals surface area contributed by atoms with E-state index in [-0.39, 0.29) is 23.7 Å². The molecular formula is C20H26FN3O2. The third-order valence-corrected chi connectivity index (χ3v) is 5.11. The van der Waals surface area contributed by atoms with E-state index >= 15 is 0 Å². The summed E-state index contributed by atoms with van der Waals surface area (Å²) in [6, 6.07) is 5.84. The predicted octanol–water partition coefficient (Wildman–Crippen LogP) is 4.76. The molecule has 0 bridgehead atoms. The zero-order chi connectivity index (χ0) is 18.5. The van der Waals surface area contributed by atoms with Gasteiger partial charge in [-0.15, -0.1) is 0 Å². The van der Waals surface area contributed by atoms with E-state index in [1.165, 1.54) is 12.1 Å². The molecule has 1 amide bonds. The van der Waals surface area contributed by atoms with Gasteiger partial charge in [0.15, 0.2) is 0 Å². The predicted molar refractivity (Wildman–Crippen MR) is 96.7 cm³/mol. The summed E-state index contributed by atoms with van der Waals surface area (Å²) in [7, 11) is 0. The quantitative estimate of drug-likeness (QED) is 0.715. The molecule has 1 aliphatic rings. The second-order valence-electron chi connectivity index (χ2n) is 6.90. The normalized spacial score (nSPS) is 18.3. The number of benzene rings is 1. The van der Waals surface area contributed by atoms with Crippen LogP contribution in [0.25, 0.3) is 11.4 Å². The van der Waals surface area contributed by atoms with Crippen LogP contribution in [0.3, 0.4) is 0 Å². The third kappa shape index (κ3) is 3.94. The van der Waals surface area contributed by atoms with Gasteiger partial charge in [-0.25, -0.2) is 4.39 Å². The smallest absolute Gasteiger partial charge is 0.249 e. The highest BCUT2D eigenvalue weighted by atomic mass is 19.1. The van der Waals surface area contributed by atoms with Crippen LogP contribution < -0.4 is 0 Å². The monoisotopic (exact) mass is 359 g/mol. The van der Waals surface area contributed by atoms with Crippen LogP contribution in [0.5, 0.6) is 0 Å². The summed E-state index contributed by atoms with van der Waals surface area (Å²) in [5.41, 5.74) is 0.701. The van der Waals surface area contributed by atoms with Gasteiger partial charge in [0.05, 0.1) is 0 Å². The molecule has 1 aromatic heterocycles. The van der Waals surface area contributed by atoms with Gasteiger partial charge in [-0.1, -0.05) is 31.8 Å². The molecule has 0 N–H and O–H groups in total. The van der Waals surface area contributed by atoms with Crippen LogP contribution in [0.15, 0.2) is 28.8 Å². The minimum atomic E-state index is -0.303. The lowest BCUT2D eigenvalue weighted by molar-refractivity contribution is -0.137. The summed E-state index contributed by atoms with van der Waals surface area (Å²) >= 11 is 0. The van der Waals surface area contributed by atoms with Crippen LogP contribution in [0.1, 0.15) is 64.3 Å². The molecule has 0 spiro atoms. The van der Waals surface area contributed by atoms with Gasteiger partial charge in [-0.3, -0.25) is 4.79 Å². The average Bonchev–Trinajstić information content (AvgIpc) is 3.32. The van der Waals surface area contributed by atoms with E-state index in [0.717, 1.165) is 45.1 Å². The van der Waals surface area contributed by atoms with Crippen molar-refractivity contribution in [1.82, 2.24) is 15.0 Å². The van der Waals surface area contributed by atoms with E-state index in [2.05, 4.69) is 24.0 Å². The molecule has 3 rings (SSSR count). The first-order valence-corrected chi connectivity index (χ1v) is 9.54. The Morgan fingerprint density at radius 3 is 2.81 bits per heavy atom. The van der Waals surface area contributed by atoms with Crippen LogP contribution >= 0.6 is 0 Å². The lowest BCUT2D eigenvalue weighted by Crippen LogP contribution is -2.35. The molecule has 5 nitrogen and oxygen atoms in total. The summed E-state index contributed by atoms with van der Waals surface area (Å²) in [6.07, 6.45) is 5.72. The Bertz CT molecular complexity index is 729. The number of aromatic nitrogens is 2. The second kappa shape index (κ2) is 8.43. The first-order valence-electron chi connectivity index (χ1n) is 9.54. The largest absolute Gasteiger partial charge is 0.337 e. The fourth-order valence-electron chi connectivity index (χ4n) is 3.56. The number of likely N-dealkylation sites (tertiary alicyclic amines) is 1. The highest BCUT2D eigenvalue weighted by molar-refractivity contribution is 5.79. The summed E-state index contributed by atoms with van der Waals surface area (Å²) < 4.78 is 18.5. The van der Waals surface area contributed by atoms with Crippen molar-refractivity contribution in [3.05, 3.63) is 36.0 Å². The Kier molecular flexibility index (Phi) is 6.01. The third-order valence-electron chi connectivity index (χ3n) is 5.11. The average molecular weight is 359 g/mol. The van der Waals surface area contributed by atoms with Crippen molar-refractivity contribution >= 4 is 5.91 Å². The number of nitrogens with zero attached hydrogens (tertiary/aromatic N) is 3. The van der Waals surface area contributed by atoms with E-state index < -0.39 is 0 Å². The van der Waals surface area contributed by atoms with Crippen molar-refractivity contribution in [3.63, 3.8) is 0 Å². The lowest BCUT2D eigenvalue weighted by Gasteiger charge is -2.26. The van der Waals surface area contributed by atoms with Gasteiger partial charge in [-0.05, 0) is 49.9 Å². The maximum atomic E-state index is 13.1. The molecule has 26 heavy (non-hydrogen) atoms. The van der Waals surface area contributed by atoms with Crippen LogP contribution in [-0.2, 0) is 4.79 Å². The van der Waals surface area contributed by atoms with Crippen LogP contribution in [0, 0.1) is 11.7 Å². The minimum Gasteiger partial charge on any atom is -0.337 e. The van der Waals surface area contributed by atoms with E-state index in [0.29, 0.717) is 17.3 Å². The fourth-order valence-corrected chi connectivity index (χ4v) is 3.56. The standard InChI is InChI=1S/C20H26FN3O2/c1-3-5-7-14(4-2)20(25)24-13-6-8-17(24)19-22-18(23-26-19)15-9-11-16(21)12-10-15/h9-12,14,17H,3-8,13H2,1-2H3/t14-,17+/m0/s1. The van der Waals surface area contributed by atoms with E-state index in [9.17, 15) is 9.18 Å². The molecule has 6 heteroatoms. The van der Waals surface area contributed by atoms with Gasteiger partial charge in [0.2, 0.25) is 17.6 Å². The second-order valence-corrected chi connectivity index (χ2v) is 6.90. The Balaban J connectivity index is 1.76. The molecule has 0 radical (unpaired) electrons. The number of carbonyl (C=O) groups is 1. The minimum absolute atomic E-state index is 0.0649. The van der Waals surface area contributed by atoms with Crippen molar-refractivity contribution in [2.45, 2.75) is 58.4 Å². The Morgan fingerprint density at radius 1 is 1.35 bits per heavy atom. The van der Waals surface area contributed by atoms with Crippen molar-refractivity contribution in [1.29, 1.82) is 0 Å². The van der Waals surface area contributed by atoms with Gasteiger partial charge in [0, 0.05) is 18.0 Å². The Morgan fingerprint density at radius 2 is 2.12 bits per heavy atom. The molecule has 0 aliphatic carbocycles. The van der Waals surface area contributed by atoms with Gasteiger partial charge < -0.3 is 9.42 Å². The summed E-state index contributed by atoms with van der Waals surface area (Å²) in [6.45, 7) is 4.95. The maximum Gasteiger partial charge on any atom is 0.249 e. The van der Waals surface area contributed by atoms with Crippen LogP contribution in [-0.4, -0.2) is 27.5 Å². The number of hydrogen-bond acceptors (Lipinski definition) is 4. The molecule has 140 valence electrons. The van der Waals surface area contributed by atoms with Gasteiger partial charge in [0.1, 0.15) is 11.9 Å². The molecule has 0 saturated carbocycles. The SMILES string of the molecule is CCCC[C@H](CC)C(=O)N1CCC[C@@H]1c1nc(-c2ccc(F)cc2)no1. The van der Waals surface area contributed by atoms with Crippen LogP contribution in [0.4, 0.5) is 4.39 Å².